The maximum atomic E-state index is 4.67. The number of aryl methyl sites for hydroxylation is 2. The highest BCUT2D eigenvalue weighted by Gasteiger charge is 2.20. The Bertz CT molecular complexity index is 1220. The average molecular weight is 437 g/mol. The third-order valence-corrected chi connectivity index (χ3v) is 6.45. The molecule has 4 aromatic rings. The summed E-state index contributed by atoms with van der Waals surface area (Å²) < 4.78 is 0. The van der Waals surface area contributed by atoms with Gasteiger partial charge < -0.3 is 16.0 Å². The van der Waals surface area contributed by atoms with Crippen LogP contribution in [-0.2, 0) is 13.0 Å². The van der Waals surface area contributed by atoms with Crippen LogP contribution in [0.1, 0.15) is 41.3 Å². The van der Waals surface area contributed by atoms with Gasteiger partial charge in [-0.25, -0.2) is 0 Å². The number of pyridine rings is 1. The number of rotatable bonds is 8. The Kier molecular flexibility index (Phi) is 6.66. The van der Waals surface area contributed by atoms with Gasteiger partial charge in [0, 0.05) is 48.1 Å². The molecule has 168 valence electrons. The number of nitrogens with zero attached hydrogens (tertiary/aromatic N) is 1. The van der Waals surface area contributed by atoms with Crippen LogP contribution in [0.15, 0.2) is 78.9 Å². The standard InChI is InChI=1S/C29H32N4/c1-21-18-29(25-11-5-6-12-28(25)32-21)33-24-15-14-23-10-7-13-27(26(23)19-24)31-17-16-30-20-22-8-3-2-4-9-22/h2-6,8-9,11-12,14-15,18-19,27,30-31H,7,10,13,16-17,20H2,1H3,(H,32,33). The van der Waals surface area contributed by atoms with Crippen molar-refractivity contribution in [3.63, 3.8) is 0 Å². The van der Waals surface area contributed by atoms with Gasteiger partial charge in [0.2, 0.25) is 0 Å². The van der Waals surface area contributed by atoms with Crippen LogP contribution in [0.2, 0.25) is 0 Å². The molecule has 5 rings (SSSR count). The molecule has 3 aromatic carbocycles. The van der Waals surface area contributed by atoms with E-state index >= 15 is 0 Å². The van der Waals surface area contributed by atoms with Crippen LogP contribution in [0.25, 0.3) is 10.9 Å². The molecule has 0 spiro atoms. The Balaban J connectivity index is 1.26. The van der Waals surface area contributed by atoms with E-state index in [4.69, 9.17) is 0 Å². The van der Waals surface area contributed by atoms with Crippen molar-refractivity contribution in [2.24, 2.45) is 0 Å². The first-order valence-electron chi connectivity index (χ1n) is 12.0. The Morgan fingerprint density at radius 1 is 0.909 bits per heavy atom. The summed E-state index contributed by atoms with van der Waals surface area (Å²) in [5.41, 5.74) is 8.54. The Labute approximate surface area is 196 Å². The molecule has 1 aliphatic carbocycles. The second-order valence-electron chi connectivity index (χ2n) is 8.93. The third kappa shape index (κ3) is 5.24. The quantitative estimate of drug-likeness (QED) is 0.295. The van der Waals surface area contributed by atoms with Crippen molar-refractivity contribution in [3.05, 3.63) is 101 Å². The van der Waals surface area contributed by atoms with Gasteiger partial charge >= 0.3 is 0 Å². The SMILES string of the molecule is Cc1cc(Nc2ccc3c(c2)C(NCCNCc2ccccc2)CCC3)c2ccccc2n1. The van der Waals surface area contributed by atoms with Gasteiger partial charge in [0.15, 0.2) is 0 Å². The van der Waals surface area contributed by atoms with Crippen molar-refractivity contribution in [2.75, 3.05) is 18.4 Å². The van der Waals surface area contributed by atoms with Crippen LogP contribution >= 0.6 is 0 Å². The second-order valence-corrected chi connectivity index (χ2v) is 8.93. The molecule has 1 unspecified atom stereocenters. The first-order valence-corrected chi connectivity index (χ1v) is 12.0. The molecule has 0 fully saturated rings. The van der Waals surface area contributed by atoms with Crippen molar-refractivity contribution in [3.8, 4) is 0 Å². The first-order chi connectivity index (χ1) is 16.3. The zero-order valence-corrected chi connectivity index (χ0v) is 19.3. The van der Waals surface area contributed by atoms with Crippen molar-refractivity contribution in [1.82, 2.24) is 15.6 Å². The highest BCUT2D eigenvalue weighted by molar-refractivity contribution is 5.93. The number of para-hydroxylation sites is 1. The molecule has 0 saturated heterocycles. The Morgan fingerprint density at radius 3 is 2.67 bits per heavy atom. The molecular formula is C29H32N4. The number of fused-ring (bicyclic) bond motifs is 2. The molecule has 1 aliphatic rings. The van der Waals surface area contributed by atoms with Gasteiger partial charge in [0.05, 0.1) is 5.52 Å². The van der Waals surface area contributed by atoms with Crippen LogP contribution in [0, 0.1) is 6.92 Å². The smallest absolute Gasteiger partial charge is 0.0726 e. The van der Waals surface area contributed by atoms with Crippen LogP contribution in [-0.4, -0.2) is 18.1 Å². The van der Waals surface area contributed by atoms with Crippen LogP contribution < -0.4 is 16.0 Å². The number of benzene rings is 3. The number of aromatic nitrogens is 1. The van der Waals surface area contributed by atoms with Gasteiger partial charge in [-0.1, -0.05) is 54.6 Å². The van der Waals surface area contributed by atoms with E-state index in [1.165, 1.54) is 29.5 Å². The van der Waals surface area contributed by atoms with Crippen LogP contribution in [0.5, 0.6) is 0 Å². The molecule has 0 saturated carbocycles. The summed E-state index contributed by atoms with van der Waals surface area (Å²) in [6.07, 6.45) is 3.59. The highest BCUT2D eigenvalue weighted by Crippen LogP contribution is 2.33. The van der Waals surface area contributed by atoms with E-state index in [-0.39, 0.29) is 0 Å². The topological polar surface area (TPSA) is 49.0 Å². The number of nitrogens with one attached hydrogen (secondary N) is 3. The van der Waals surface area contributed by atoms with Crippen LogP contribution in [0.4, 0.5) is 11.4 Å². The molecule has 1 aromatic heterocycles. The first kappa shape index (κ1) is 21.6. The Hall–Kier alpha value is -3.21. The number of hydrogen-bond acceptors (Lipinski definition) is 4. The molecular weight excluding hydrogens is 404 g/mol. The molecule has 3 N–H and O–H groups in total. The minimum atomic E-state index is 0.407. The summed E-state index contributed by atoms with van der Waals surface area (Å²) in [6, 6.07) is 28.3. The van der Waals surface area contributed by atoms with Crippen LogP contribution in [0.3, 0.4) is 0 Å². The van der Waals surface area contributed by atoms with Crippen molar-refractivity contribution in [2.45, 2.75) is 38.8 Å². The zero-order valence-electron chi connectivity index (χ0n) is 19.3. The highest BCUT2D eigenvalue weighted by atomic mass is 15.0. The molecule has 0 radical (unpaired) electrons. The van der Waals surface area contributed by atoms with Gasteiger partial charge in [0.1, 0.15) is 0 Å². The molecule has 1 heterocycles. The van der Waals surface area contributed by atoms with Gasteiger partial charge in [-0.15, -0.1) is 0 Å². The molecule has 0 aliphatic heterocycles. The minimum absolute atomic E-state index is 0.407. The molecule has 1 atom stereocenters. The lowest BCUT2D eigenvalue weighted by Crippen LogP contribution is -2.32. The number of anilines is 2. The third-order valence-electron chi connectivity index (χ3n) is 6.45. The van der Waals surface area contributed by atoms with Crippen molar-refractivity contribution >= 4 is 22.3 Å². The summed E-state index contributed by atoms with van der Waals surface area (Å²) in [4.78, 5) is 4.67. The molecule has 4 nitrogen and oxygen atoms in total. The monoisotopic (exact) mass is 436 g/mol. The predicted octanol–water partition coefficient (Wildman–Crippen LogP) is 6.04. The Morgan fingerprint density at radius 2 is 1.76 bits per heavy atom. The van der Waals surface area contributed by atoms with E-state index in [2.05, 4.69) is 101 Å². The largest absolute Gasteiger partial charge is 0.355 e. The fourth-order valence-electron chi connectivity index (χ4n) is 4.82. The summed E-state index contributed by atoms with van der Waals surface area (Å²) in [5.74, 6) is 0. The number of hydrogen-bond donors (Lipinski definition) is 3. The summed E-state index contributed by atoms with van der Waals surface area (Å²) >= 11 is 0. The van der Waals surface area contributed by atoms with Crippen molar-refractivity contribution in [1.29, 1.82) is 0 Å². The summed E-state index contributed by atoms with van der Waals surface area (Å²) in [7, 11) is 0. The molecule has 33 heavy (non-hydrogen) atoms. The average Bonchev–Trinajstić information content (AvgIpc) is 2.84. The fourth-order valence-corrected chi connectivity index (χ4v) is 4.82. The lowest BCUT2D eigenvalue weighted by atomic mass is 9.87. The normalized spacial score (nSPS) is 15.4. The maximum absolute atomic E-state index is 4.67. The summed E-state index contributed by atoms with van der Waals surface area (Å²) in [6.45, 7) is 4.89. The molecule has 0 bridgehead atoms. The lowest BCUT2D eigenvalue weighted by Gasteiger charge is -2.27. The second kappa shape index (κ2) is 10.2. The lowest BCUT2D eigenvalue weighted by molar-refractivity contribution is 0.454. The molecule has 4 heteroatoms. The summed E-state index contributed by atoms with van der Waals surface area (Å²) in [5, 5.41) is 12.2. The van der Waals surface area contributed by atoms with E-state index in [9.17, 15) is 0 Å². The van der Waals surface area contributed by atoms with Gasteiger partial charge in [0.25, 0.3) is 0 Å². The van der Waals surface area contributed by atoms with E-state index < -0.39 is 0 Å². The van der Waals surface area contributed by atoms with E-state index in [1.54, 1.807) is 0 Å². The van der Waals surface area contributed by atoms with E-state index in [0.29, 0.717) is 6.04 Å². The van der Waals surface area contributed by atoms with E-state index in [1.807, 2.05) is 6.07 Å². The zero-order chi connectivity index (χ0) is 22.5. The van der Waals surface area contributed by atoms with Gasteiger partial charge in [-0.3, -0.25) is 4.98 Å². The van der Waals surface area contributed by atoms with E-state index in [0.717, 1.165) is 54.0 Å². The minimum Gasteiger partial charge on any atom is -0.355 e. The van der Waals surface area contributed by atoms with Gasteiger partial charge in [-0.05, 0) is 67.1 Å². The predicted molar refractivity (Wildman–Crippen MR) is 138 cm³/mol. The van der Waals surface area contributed by atoms with Crippen molar-refractivity contribution < 1.29 is 0 Å². The fraction of sp³-hybridized carbons (Fsp3) is 0.276. The van der Waals surface area contributed by atoms with Gasteiger partial charge in [-0.2, -0.15) is 0 Å². The maximum Gasteiger partial charge on any atom is 0.0726 e. The molecule has 0 amide bonds.